The third-order valence-electron chi connectivity index (χ3n) is 4.74. The van der Waals surface area contributed by atoms with Gasteiger partial charge in [0, 0.05) is 31.5 Å². The van der Waals surface area contributed by atoms with Crippen molar-refractivity contribution in [2.75, 3.05) is 18.1 Å². The minimum absolute atomic E-state index is 0.0281. The lowest BCUT2D eigenvalue weighted by Crippen LogP contribution is -2.34. The molecule has 1 aliphatic rings. The van der Waals surface area contributed by atoms with Crippen molar-refractivity contribution in [1.29, 1.82) is 0 Å². The number of ether oxygens (including phenoxy) is 1. The number of rotatable bonds is 8. The average molecular weight is 366 g/mol. The van der Waals surface area contributed by atoms with Crippen LogP contribution in [-0.4, -0.2) is 25.0 Å². The molecule has 3 rings (SSSR count). The van der Waals surface area contributed by atoms with Crippen molar-refractivity contribution in [3.63, 3.8) is 0 Å². The van der Waals surface area contributed by atoms with Gasteiger partial charge >= 0.3 is 0 Å². The van der Waals surface area contributed by atoms with Crippen molar-refractivity contribution in [1.82, 2.24) is 5.32 Å². The molecule has 0 aliphatic carbocycles. The first-order chi connectivity index (χ1) is 13.2. The third-order valence-corrected chi connectivity index (χ3v) is 4.74. The molecule has 1 aliphatic heterocycles. The summed E-state index contributed by atoms with van der Waals surface area (Å²) in [5.74, 6) is 1.01. The molecular weight excluding hydrogens is 340 g/mol. The van der Waals surface area contributed by atoms with Crippen LogP contribution in [0.4, 0.5) is 5.69 Å². The molecule has 27 heavy (non-hydrogen) atoms. The minimum atomic E-state index is 0.0281. The Morgan fingerprint density at radius 2 is 1.93 bits per heavy atom. The topological polar surface area (TPSA) is 58.6 Å². The second-order valence-corrected chi connectivity index (χ2v) is 6.61. The van der Waals surface area contributed by atoms with Gasteiger partial charge in [0.05, 0.1) is 12.3 Å². The molecule has 0 fully saturated rings. The standard InChI is InChI=1S/C22H26N2O3/c1-2-24-19-10-6-11-20(18(19)13-14-22(24)26)27-15-7-12-21(25)23-16-17-8-4-3-5-9-17/h3-6,8-11H,2,7,12-16H2,1H3,(H,23,25). The smallest absolute Gasteiger partial charge is 0.227 e. The highest BCUT2D eigenvalue weighted by Crippen LogP contribution is 2.34. The van der Waals surface area contributed by atoms with Crippen molar-refractivity contribution in [3.05, 3.63) is 59.7 Å². The van der Waals surface area contributed by atoms with Crippen LogP contribution in [0.3, 0.4) is 0 Å². The van der Waals surface area contributed by atoms with Crippen molar-refractivity contribution in [3.8, 4) is 5.75 Å². The largest absolute Gasteiger partial charge is 0.493 e. The molecule has 0 saturated heterocycles. The lowest BCUT2D eigenvalue weighted by molar-refractivity contribution is -0.121. The van der Waals surface area contributed by atoms with E-state index in [9.17, 15) is 9.59 Å². The molecule has 5 nitrogen and oxygen atoms in total. The van der Waals surface area contributed by atoms with Crippen LogP contribution < -0.4 is 15.0 Å². The summed E-state index contributed by atoms with van der Waals surface area (Å²) in [6.45, 7) is 3.67. The fourth-order valence-electron chi connectivity index (χ4n) is 3.34. The van der Waals surface area contributed by atoms with Crippen LogP contribution in [0, 0.1) is 0 Å². The predicted octanol–water partition coefficient (Wildman–Crippen LogP) is 3.46. The van der Waals surface area contributed by atoms with Gasteiger partial charge in [0.2, 0.25) is 11.8 Å². The molecule has 142 valence electrons. The molecule has 1 N–H and O–H groups in total. The zero-order valence-electron chi connectivity index (χ0n) is 15.7. The normalized spacial score (nSPS) is 13.2. The molecule has 1 heterocycles. The maximum absolute atomic E-state index is 12.0. The van der Waals surface area contributed by atoms with E-state index in [2.05, 4.69) is 5.32 Å². The van der Waals surface area contributed by atoms with Crippen molar-refractivity contribution in [2.24, 2.45) is 0 Å². The molecule has 0 atom stereocenters. The van der Waals surface area contributed by atoms with E-state index in [4.69, 9.17) is 4.74 Å². The first-order valence-corrected chi connectivity index (χ1v) is 9.54. The van der Waals surface area contributed by atoms with E-state index < -0.39 is 0 Å². The van der Waals surface area contributed by atoms with Crippen LogP contribution in [0.25, 0.3) is 0 Å². The van der Waals surface area contributed by atoms with Gasteiger partial charge in [0.1, 0.15) is 5.75 Å². The van der Waals surface area contributed by atoms with Gasteiger partial charge in [-0.3, -0.25) is 9.59 Å². The number of nitrogens with one attached hydrogen (secondary N) is 1. The number of carbonyl (C=O) groups excluding carboxylic acids is 2. The molecule has 0 saturated carbocycles. The number of benzene rings is 2. The molecule has 0 radical (unpaired) electrons. The van der Waals surface area contributed by atoms with Crippen molar-refractivity contribution in [2.45, 2.75) is 39.2 Å². The summed E-state index contributed by atoms with van der Waals surface area (Å²) in [5, 5.41) is 2.93. The summed E-state index contributed by atoms with van der Waals surface area (Å²) in [4.78, 5) is 25.8. The van der Waals surface area contributed by atoms with E-state index in [1.54, 1.807) is 0 Å². The van der Waals surface area contributed by atoms with Crippen molar-refractivity contribution >= 4 is 17.5 Å². The number of carbonyl (C=O) groups is 2. The van der Waals surface area contributed by atoms with Crippen LogP contribution in [0.15, 0.2) is 48.5 Å². The Morgan fingerprint density at radius 1 is 1.11 bits per heavy atom. The molecule has 0 aromatic heterocycles. The Morgan fingerprint density at radius 3 is 2.70 bits per heavy atom. The van der Waals surface area contributed by atoms with Gasteiger partial charge in [-0.2, -0.15) is 0 Å². The Kier molecular flexibility index (Phi) is 6.47. The average Bonchev–Trinajstić information content (AvgIpc) is 2.70. The summed E-state index contributed by atoms with van der Waals surface area (Å²) in [7, 11) is 0. The highest BCUT2D eigenvalue weighted by atomic mass is 16.5. The fraction of sp³-hybridized carbons (Fsp3) is 0.364. The van der Waals surface area contributed by atoms with E-state index in [1.165, 1.54) is 0 Å². The molecule has 0 unspecified atom stereocenters. The Bertz CT molecular complexity index is 789. The van der Waals surface area contributed by atoms with E-state index in [0.29, 0.717) is 45.4 Å². The molecule has 0 bridgehead atoms. The third kappa shape index (κ3) is 4.88. The van der Waals surface area contributed by atoms with Gasteiger partial charge in [-0.05, 0) is 37.5 Å². The van der Waals surface area contributed by atoms with Crippen LogP contribution in [-0.2, 0) is 22.6 Å². The van der Waals surface area contributed by atoms with Gasteiger partial charge in [-0.25, -0.2) is 0 Å². The Balaban J connectivity index is 1.46. The van der Waals surface area contributed by atoms with Crippen LogP contribution >= 0.6 is 0 Å². The second kappa shape index (κ2) is 9.21. The predicted molar refractivity (Wildman–Crippen MR) is 106 cm³/mol. The van der Waals surface area contributed by atoms with Gasteiger partial charge in [0.25, 0.3) is 0 Å². The summed E-state index contributed by atoms with van der Waals surface area (Å²) in [6.07, 6.45) is 2.31. The highest BCUT2D eigenvalue weighted by Gasteiger charge is 2.25. The van der Waals surface area contributed by atoms with E-state index >= 15 is 0 Å². The van der Waals surface area contributed by atoms with Crippen LogP contribution in [0.2, 0.25) is 0 Å². The minimum Gasteiger partial charge on any atom is -0.493 e. The monoisotopic (exact) mass is 366 g/mol. The van der Waals surface area contributed by atoms with Crippen molar-refractivity contribution < 1.29 is 14.3 Å². The zero-order chi connectivity index (χ0) is 19.1. The number of hydrogen-bond donors (Lipinski definition) is 1. The first kappa shape index (κ1) is 19.0. The molecule has 5 heteroatoms. The van der Waals surface area contributed by atoms with E-state index in [-0.39, 0.29) is 11.8 Å². The SMILES string of the molecule is CCN1C(=O)CCc2c(OCCCC(=O)NCc3ccccc3)cccc21. The van der Waals surface area contributed by atoms with E-state index in [0.717, 1.165) is 22.6 Å². The van der Waals surface area contributed by atoms with E-state index in [1.807, 2.05) is 60.4 Å². The fourth-order valence-corrected chi connectivity index (χ4v) is 3.34. The maximum Gasteiger partial charge on any atom is 0.227 e. The van der Waals surface area contributed by atoms with Crippen LogP contribution in [0.1, 0.15) is 37.3 Å². The molecule has 2 aromatic rings. The lowest BCUT2D eigenvalue weighted by Gasteiger charge is -2.29. The summed E-state index contributed by atoms with van der Waals surface area (Å²) in [6, 6.07) is 15.7. The lowest BCUT2D eigenvalue weighted by atomic mass is 10.00. The molecule has 0 spiro atoms. The Hall–Kier alpha value is -2.82. The van der Waals surface area contributed by atoms with Gasteiger partial charge < -0.3 is 15.0 Å². The molecule has 2 aromatic carbocycles. The second-order valence-electron chi connectivity index (χ2n) is 6.61. The number of nitrogens with zero attached hydrogens (tertiary/aromatic N) is 1. The number of amides is 2. The Labute approximate surface area is 160 Å². The molecule has 2 amide bonds. The van der Waals surface area contributed by atoms with Gasteiger partial charge in [-0.1, -0.05) is 36.4 Å². The molecular formula is C22H26N2O3. The summed E-state index contributed by atoms with van der Waals surface area (Å²) >= 11 is 0. The number of fused-ring (bicyclic) bond motifs is 1. The first-order valence-electron chi connectivity index (χ1n) is 9.54. The number of hydrogen-bond acceptors (Lipinski definition) is 3. The van der Waals surface area contributed by atoms with Gasteiger partial charge in [0.15, 0.2) is 0 Å². The summed E-state index contributed by atoms with van der Waals surface area (Å²) in [5.41, 5.74) is 3.13. The zero-order valence-corrected chi connectivity index (χ0v) is 15.7. The quantitative estimate of drug-likeness (QED) is 0.728. The van der Waals surface area contributed by atoms with Gasteiger partial charge in [-0.15, -0.1) is 0 Å². The number of anilines is 1. The van der Waals surface area contributed by atoms with Crippen LogP contribution in [0.5, 0.6) is 5.75 Å². The highest BCUT2D eigenvalue weighted by molar-refractivity contribution is 5.96. The summed E-state index contributed by atoms with van der Waals surface area (Å²) < 4.78 is 5.93. The maximum atomic E-state index is 12.0.